The molecule has 1 aromatic rings. The number of benzene rings is 1. The highest BCUT2D eigenvalue weighted by atomic mass is 19.1. The number of nitrogens with two attached hydrogens (primary N) is 1. The van der Waals surface area contributed by atoms with Crippen molar-refractivity contribution in [1.82, 2.24) is 0 Å². The van der Waals surface area contributed by atoms with Crippen LogP contribution < -0.4 is 5.73 Å². The molecule has 2 N–H and O–H groups in total. The average Bonchev–Trinajstić information content (AvgIpc) is 2.69. The Kier molecular flexibility index (Phi) is 2.68. The summed E-state index contributed by atoms with van der Waals surface area (Å²) in [6, 6.07) is 3.80. The molecule has 0 bridgehead atoms. The lowest BCUT2D eigenvalue weighted by atomic mass is 10.0. The summed E-state index contributed by atoms with van der Waals surface area (Å²) >= 11 is 0. The number of ketones is 1. The van der Waals surface area contributed by atoms with Crippen LogP contribution in [0.4, 0.5) is 10.1 Å². The SMILES string of the molecule is Nc1cc(F)ccc1C(=O)C1CCCO1. The predicted octanol–water partition coefficient (Wildman–Crippen LogP) is 1.77. The number of hydrogen-bond donors (Lipinski definition) is 1. The van der Waals surface area contributed by atoms with E-state index in [1.807, 2.05) is 0 Å². The molecule has 1 heterocycles. The fourth-order valence-corrected chi connectivity index (χ4v) is 1.72. The predicted molar refractivity (Wildman–Crippen MR) is 54.1 cm³/mol. The van der Waals surface area contributed by atoms with Gasteiger partial charge in [-0.1, -0.05) is 0 Å². The first-order valence-corrected chi connectivity index (χ1v) is 4.89. The molecule has 1 aliphatic heterocycles. The van der Waals surface area contributed by atoms with Crippen molar-refractivity contribution in [3.05, 3.63) is 29.6 Å². The Morgan fingerprint density at radius 2 is 2.33 bits per heavy atom. The van der Waals surface area contributed by atoms with Crippen molar-refractivity contribution in [2.75, 3.05) is 12.3 Å². The van der Waals surface area contributed by atoms with Crippen molar-refractivity contribution in [2.24, 2.45) is 0 Å². The molecule has 0 radical (unpaired) electrons. The van der Waals surface area contributed by atoms with E-state index >= 15 is 0 Å². The molecule has 2 rings (SSSR count). The largest absolute Gasteiger partial charge is 0.398 e. The molecular formula is C11H12FNO2. The molecule has 3 nitrogen and oxygen atoms in total. The van der Waals surface area contributed by atoms with Crippen LogP contribution in [0.5, 0.6) is 0 Å². The Bertz CT molecular complexity index is 386. The highest BCUT2D eigenvalue weighted by molar-refractivity contribution is 6.03. The Labute approximate surface area is 87.0 Å². The summed E-state index contributed by atoms with van der Waals surface area (Å²) in [6.07, 6.45) is 1.20. The number of hydrogen-bond acceptors (Lipinski definition) is 3. The van der Waals surface area contributed by atoms with Gasteiger partial charge in [-0.15, -0.1) is 0 Å². The van der Waals surface area contributed by atoms with Gasteiger partial charge in [-0.05, 0) is 31.0 Å². The van der Waals surface area contributed by atoms with Gasteiger partial charge in [0.2, 0.25) is 0 Å². The van der Waals surface area contributed by atoms with Crippen molar-refractivity contribution in [3.8, 4) is 0 Å². The van der Waals surface area contributed by atoms with Crippen molar-refractivity contribution >= 4 is 11.5 Å². The smallest absolute Gasteiger partial charge is 0.193 e. The Morgan fingerprint density at radius 1 is 1.53 bits per heavy atom. The van der Waals surface area contributed by atoms with Gasteiger partial charge in [0, 0.05) is 17.9 Å². The number of anilines is 1. The number of nitrogen functional groups attached to an aromatic ring is 1. The van der Waals surface area contributed by atoms with Crippen molar-refractivity contribution < 1.29 is 13.9 Å². The highest BCUT2D eigenvalue weighted by Crippen LogP contribution is 2.21. The maximum absolute atomic E-state index is 12.8. The second-order valence-corrected chi connectivity index (χ2v) is 3.60. The summed E-state index contributed by atoms with van der Waals surface area (Å²) < 4.78 is 18.0. The summed E-state index contributed by atoms with van der Waals surface area (Å²) in [5.41, 5.74) is 6.10. The zero-order valence-corrected chi connectivity index (χ0v) is 8.20. The highest BCUT2D eigenvalue weighted by Gasteiger charge is 2.25. The standard InChI is InChI=1S/C11H12FNO2/c12-7-3-4-8(9(13)6-7)11(14)10-2-1-5-15-10/h3-4,6,10H,1-2,5,13H2. The monoisotopic (exact) mass is 209 g/mol. The van der Waals surface area contributed by atoms with Crippen LogP contribution in [-0.2, 0) is 4.74 Å². The maximum Gasteiger partial charge on any atom is 0.193 e. The van der Waals surface area contributed by atoms with Crippen LogP contribution >= 0.6 is 0 Å². The second-order valence-electron chi connectivity index (χ2n) is 3.60. The van der Waals surface area contributed by atoms with Gasteiger partial charge < -0.3 is 10.5 Å². The first-order chi connectivity index (χ1) is 7.18. The van der Waals surface area contributed by atoms with E-state index in [-0.39, 0.29) is 11.5 Å². The van der Waals surface area contributed by atoms with E-state index in [9.17, 15) is 9.18 Å². The number of rotatable bonds is 2. The van der Waals surface area contributed by atoms with E-state index in [0.717, 1.165) is 18.9 Å². The van der Waals surface area contributed by atoms with E-state index < -0.39 is 11.9 Å². The molecular weight excluding hydrogens is 197 g/mol. The second kappa shape index (κ2) is 3.98. The van der Waals surface area contributed by atoms with Crippen LogP contribution in [0.15, 0.2) is 18.2 Å². The van der Waals surface area contributed by atoms with Gasteiger partial charge in [0.25, 0.3) is 0 Å². The number of Topliss-reactive ketones (excluding diaryl/α,β-unsaturated/α-hetero) is 1. The van der Waals surface area contributed by atoms with E-state index in [4.69, 9.17) is 10.5 Å². The van der Waals surface area contributed by atoms with E-state index in [2.05, 4.69) is 0 Å². The quantitative estimate of drug-likeness (QED) is 0.596. The molecule has 80 valence electrons. The summed E-state index contributed by atoms with van der Waals surface area (Å²) in [6.45, 7) is 0.609. The molecule has 0 spiro atoms. The molecule has 4 heteroatoms. The van der Waals surface area contributed by atoms with Crippen LogP contribution in [-0.4, -0.2) is 18.5 Å². The Hall–Kier alpha value is -1.42. The molecule has 1 unspecified atom stereocenters. The molecule has 15 heavy (non-hydrogen) atoms. The third kappa shape index (κ3) is 1.99. The molecule has 0 aliphatic carbocycles. The third-order valence-electron chi connectivity index (χ3n) is 2.50. The third-order valence-corrected chi connectivity index (χ3v) is 2.50. The van der Waals surface area contributed by atoms with E-state index in [1.165, 1.54) is 12.1 Å². The summed E-state index contributed by atoms with van der Waals surface area (Å²) in [4.78, 5) is 11.9. The summed E-state index contributed by atoms with van der Waals surface area (Å²) in [5.74, 6) is -0.582. The van der Waals surface area contributed by atoms with Gasteiger partial charge in [-0.3, -0.25) is 4.79 Å². The molecule has 1 aromatic carbocycles. The van der Waals surface area contributed by atoms with Crippen molar-refractivity contribution in [2.45, 2.75) is 18.9 Å². The minimum Gasteiger partial charge on any atom is -0.398 e. The first kappa shape index (κ1) is 10.1. The summed E-state index contributed by atoms with van der Waals surface area (Å²) in [5, 5.41) is 0. The lowest BCUT2D eigenvalue weighted by Crippen LogP contribution is -2.20. The van der Waals surface area contributed by atoms with Gasteiger partial charge in [-0.2, -0.15) is 0 Å². The van der Waals surface area contributed by atoms with Crippen LogP contribution in [0.25, 0.3) is 0 Å². The number of halogens is 1. The molecule has 1 aliphatic rings. The number of ether oxygens (including phenoxy) is 1. The van der Waals surface area contributed by atoms with Crippen LogP contribution in [0.2, 0.25) is 0 Å². The number of carbonyl (C=O) groups is 1. The number of carbonyl (C=O) groups excluding carboxylic acids is 1. The van der Waals surface area contributed by atoms with Crippen LogP contribution in [0.3, 0.4) is 0 Å². The zero-order valence-electron chi connectivity index (χ0n) is 8.20. The molecule has 1 atom stereocenters. The van der Waals surface area contributed by atoms with Gasteiger partial charge in [0.15, 0.2) is 5.78 Å². The van der Waals surface area contributed by atoms with Gasteiger partial charge in [0.1, 0.15) is 11.9 Å². The maximum atomic E-state index is 12.8. The van der Waals surface area contributed by atoms with Crippen molar-refractivity contribution in [3.63, 3.8) is 0 Å². The first-order valence-electron chi connectivity index (χ1n) is 4.89. The van der Waals surface area contributed by atoms with Gasteiger partial charge >= 0.3 is 0 Å². The average molecular weight is 209 g/mol. The van der Waals surface area contributed by atoms with Gasteiger partial charge in [-0.25, -0.2) is 4.39 Å². The minimum atomic E-state index is -0.434. The topological polar surface area (TPSA) is 52.3 Å². The Balaban J connectivity index is 2.24. The minimum absolute atomic E-state index is 0.148. The normalized spacial score (nSPS) is 20.5. The molecule has 0 amide bonds. The molecule has 0 aromatic heterocycles. The van der Waals surface area contributed by atoms with Crippen LogP contribution in [0.1, 0.15) is 23.2 Å². The van der Waals surface area contributed by atoms with Crippen LogP contribution in [0, 0.1) is 5.82 Å². The fourth-order valence-electron chi connectivity index (χ4n) is 1.72. The lowest BCUT2D eigenvalue weighted by molar-refractivity contribution is 0.0644. The molecule has 0 saturated carbocycles. The molecule has 1 fully saturated rings. The fraction of sp³-hybridized carbons (Fsp3) is 0.364. The zero-order chi connectivity index (χ0) is 10.8. The lowest BCUT2D eigenvalue weighted by Gasteiger charge is -2.09. The van der Waals surface area contributed by atoms with Crippen molar-refractivity contribution in [1.29, 1.82) is 0 Å². The Morgan fingerprint density at radius 3 is 2.93 bits per heavy atom. The van der Waals surface area contributed by atoms with E-state index in [1.54, 1.807) is 0 Å². The summed E-state index contributed by atoms with van der Waals surface area (Å²) in [7, 11) is 0. The van der Waals surface area contributed by atoms with Gasteiger partial charge in [0.05, 0.1) is 0 Å². The molecule has 1 saturated heterocycles. The van der Waals surface area contributed by atoms with E-state index in [0.29, 0.717) is 12.2 Å².